The van der Waals surface area contributed by atoms with Gasteiger partial charge in [-0.15, -0.1) is 0 Å². The molecule has 2 aromatic carbocycles. The third kappa shape index (κ3) is 4.41. The molecule has 3 N–H and O–H groups in total. The number of rotatable bonds is 6. The number of cyclic esters (lactones) is 1. The minimum absolute atomic E-state index is 0.137. The van der Waals surface area contributed by atoms with Crippen molar-refractivity contribution >= 4 is 23.5 Å². The average Bonchev–Trinajstić information content (AvgIpc) is 3.34. The topological polar surface area (TPSA) is 99.4 Å². The Kier molecular flexibility index (Phi) is 5.73. The predicted molar refractivity (Wildman–Crippen MR) is 126 cm³/mol. The number of aromatic nitrogens is 2. The van der Waals surface area contributed by atoms with Gasteiger partial charge in [0.05, 0.1) is 18.8 Å². The van der Waals surface area contributed by atoms with Gasteiger partial charge in [-0.05, 0) is 42.5 Å². The van der Waals surface area contributed by atoms with Crippen LogP contribution in [0.25, 0.3) is 11.3 Å². The lowest BCUT2D eigenvalue weighted by atomic mass is 10.0. The van der Waals surface area contributed by atoms with Crippen molar-refractivity contribution in [2.45, 2.75) is 38.8 Å². The summed E-state index contributed by atoms with van der Waals surface area (Å²) >= 11 is 0. The number of amides is 2. The molecule has 33 heavy (non-hydrogen) atoms. The zero-order chi connectivity index (χ0) is 22.8. The first kappa shape index (κ1) is 21.1. The van der Waals surface area contributed by atoms with Crippen molar-refractivity contribution in [2.24, 2.45) is 0 Å². The second kappa shape index (κ2) is 8.97. The van der Waals surface area contributed by atoms with Gasteiger partial charge in [-0.2, -0.15) is 5.10 Å². The highest BCUT2D eigenvalue weighted by molar-refractivity contribution is 5.90. The Morgan fingerprint density at radius 1 is 1.21 bits per heavy atom. The van der Waals surface area contributed by atoms with Crippen LogP contribution < -0.4 is 15.5 Å². The van der Waals surface area contributed by atoms with Gasteiger partial charge < -0.3 is 15.4 Å². The Bertz CT molecular complexity index is 1170. The van der Waals surface area contributed by atoms with Crippen LogP contribution in [0.5, 0.6) is 0 Å². The lowest BCUT2D eigenvalue weighted by molar-refractivity contribution is -0.119. The van der Waals surface area contributed by atoms with Crippen LogP contribution in [0.15, 0.2) is 48.5 Å². The number of benzene rings is 2. The lowest BCUT2D eigenvalue weighted by Crippen LogP contribution is -2.33. The van der Waals surface area contributed by atoms with Crippen LogP contribution in [-0.2, 0) is 28.9 Å². The number of aryl methyl sites for hydroxylation is 1. The summed E-state index contributed by atoms with van der Waals surface area (Å²) in [6, 6.07) is 16.4. The summed E-state index contributed by atoms with van der Waals surface area (Å²) in [5.41, 5.74) is 6.57. The van der Waals surface area contributed by atoms with Crippen molar-refractivity contribution < 1.29 is 14.3 Å². The number of hydrogen-bond donors (Lipinski definition) is 3. The van der Waals surface area contributed by atoms with E-state index in [-0.39, 0.29) is 18.1 Å². The first-order chi connectivity index (χ1) is 16.1. The zero-order valence-electron chi connectivity index (χ0n) is 18.6. The third-order valence-corrected chi connectivity index (χ3v) is 6.17. The van der Waals surface area contributed by atoms with Crippen LogP contribution in [-0.4, -0.2) is 41.4 Å². The van der Waals surface area contributed by atoms with E-state index in [1.54, 1.807) is 4.90 Å². The molecule has 3 aromatic rings. The Labute approximate surface area is 192 Å². The molecule has 1 saturated heterocycles. The molecule has 5 rings (SSSR count). The summed E-state index contributed by atoms with van der Waals surface area (Å²) in [5, 5.41) is 14.0. The molecule has 0 radical (unpaired) electrons. The molecule has 8 nitrogen and oxygen atoms in total. The van der Waals surface area contributed by atoms with E-state index in [0.717, 1.165) is 48.6 Å². The highest BCUT2D eigenvalue weighted by Crippen LogP contribution is 2.37. The number of nitrogens with one attached hydrogen (secondary N) is 3. The quantitative estimate of drug-likeness (QED) is 0.538. The summed E-state index contributed by atoms with van der Waals surface area (Å²) in [5.74, 6) is 0.761. The zero-order valence-corrected chi connectivity index (χ0v) is 18.6. The number of hydrogen-bond acceptors (Lipinski definition) is 5. The molecule has 0 spiro atoms. The number of ether oxygens (including phenoxy) is 1. The summed E-state index contributed by atoms with van der Waals surface area (Å²) in [6.07, 6.45) is 2.12. The molecule has 1 aromatic heterocycles. The van der Waals surface area contributed by atoms with Crippen molar-refractivity contribution in [3.05, 3.63) is 65.2 Å². The lowest BCUT2D eigenvalue weighted by Gasteiger charge is -2.16. The summed E-state index contributed by atoms with van der Waals surface area (Å²) in [6.45, 7) is 2.91. The van der Waals surface area contributed by atoms with Gasteiger partial charge in [0.25, 0.3) is 0 Å². The maximum Gasteiger partial charge on any atom is 0.414 e. The maximum atomic E-state index is 12.4. The van der Waals surface area contributed by atoms with E-state index in [0.29, 0.717) is 13.1 Å². The number of H-pyrrole nitrogens is 1. The molecule has 2 aliphatic rings. The molecule has 0 unspecified atom stereocenters. The van der Waals surface area contributed by atoms with Gasteiger partial charge in [-0.25, -0.2) is 4.79 Å². The second-order valence-corrected chi connectivity index (χ2v) is 8.51. The minimum atomic E-state index is -0.381. The predicted octanol–water partition coefficient (Wildman–Crippen LogP) is 3.64. The van der Waals surface area contributed by atoms with Crippen LogP contribution in [0.3, 0.4) is 0 Å². The van der Waals surface area contributed by atoms with E-state index in [4.69, 9.17) is 4.74 Å². The smallest absolute Gasteiger partial charge is 0.414 e. The Hall–Kier alpha value is -3.81. The molecule has 2 heterocycles. The van der Waals surface area contributed by atoms with E-state index in [1.165, 1.54) is 23.6 Å². The van der Waals surface area contributed by atoms with Gasteiger partial charge in [0.15, 0.2) is 5.82 Å². The molecule has 170 valence electrons. The fraction of sp³-hybridized carbons (Fsp3) is 0.320. The molecule has 8 heteroatoms. The average molecular weight is 446 g/mol. The molecular formula is C25H27N5O3. The highest BCUT2D eigenvalue weighted by atomic mass is 16.6. The van der Waals surface area contributed by atoms with Gasteiger partial charge in [0.1, 0.15) is 6.10 Å². The van der Waals surface area contributed by atoms with E-state index in [9.17, 15) is 9.59 Å². The van der Waals surface area contributed by atoms with Gasteiger partial charge in [0, 0.05) is 30.3 Å². The summed E-state index contributed by atoms with van der Waals surface area (Å²) in [4.78, 5) is 25.2. The van der Waals surface area contributed by atoms with E-state index >= 15 is 0 Å². The normalized spacial score (nSPS) is 17.1. The number of carbonyl (C=O) groups is 2. The second-order valence-electron chi connectivity index (χ2n) is 8.51. The fourth-order valence-electron chi connectivity index (χ4n) is 4.51. The standard InChI is InChI=1S/C25H27N5O3/c1-16(31)26-14-20-15-30(25(32)33-20)19-10-11-21-18(12-19)8-5-9-22-23(21)28-29-24(22)27-13-17-6-3-2-4-7-17/h2-4,6-7,10-12,20H,5,8-9,13-15H2,1H3,(H,26,31)(H2,27,28,29)/t20-/m0/s1. The maximum absolute atomic E-state index is 12.4. The fourth-order valence-corrected chi connectivity index (χ4v) is 4.51. The first-order valence-electron chi connectivity index (χ1n) is 11.3. The Morgan fingerprint density at radius 3 is 2.88 bits per heavy atom. The van der Waals surface area contributed by atoms with Crippen LogP contribution in [0.4, 0.5) is 16.3 Å². The molecule has 1 atom stereocenters. The molecule has 0 bridgehead atoms. The van der Waals surface area contributed by atoms with Crippen molar-refractivity contribution in [3.8, 4) is 11.3 Å². The molecule has 1 aliphatic carbocycles. The molecule has 1 aliphatic heterocycles. The van der Waals surface area contributed by atoms with Crippen LogP contribution in [0.2, 0.25) is 0 Å². The van der Waals surface area contributed by atoms with Crippen molar-refractivity contribution in [3.63, 3.8) is 0 Å². The number of carbonyl (C=O) groups excluding carboxylic acids is 2. The van der Waals surface area contributed by atoms with Gasteiger partial charge in [-0.3, -0.25) is 14.8 Å². The molecule has 0 saturated carbocycles. The summed E-state index contributed by atoms with van der Waals surface area (Å²) < 4.78 is 5.42. The van der Waals surface area contributed by atoms with Crippen LogP contribution in [0.1, 0.15) is 30.0 Å². The first-order valence-corrected chi connectivity index (χ1v) is 11.3. The van der Waals surface area contributed by atoms with Crippen molar-refractivity contribution in [2.75, 3.05) is 23.3 Å². The summed E-state index contributed by atoms with van der Waals surface area (Å²) in [7, 11) is 0. The number of nitrogens with zero attached hydrogens (tertiary/aromatic N) is 2. The third-order valence-electron chi connectivity index (χ3n) is 6.17. The van der Waals surface area contributed by atoms with Gasteiger partial charge in [-0.1, -0.05) is 36.4 Å². The Balaban J connectivity index is 1.35. The number of anilines is 2. The number of aromatic amines is 1. The molecule has 2 amide bonds. The van der Waals surface area contributed by atoms with Crippen LogP contribution >= 0.6 is 0 Å². The van der Waals surface area contributed by atoms with E-state index in [1.807, 2.05) is 24.3 Å². The number of fused-ring (bicyclic) bond motifs is 3. The monoisotopic (exact) mass is 445 g/mol. The van der Waals surface area contributed by atoms with Crippen molar-refractivity contribution in [1.82, 2.24) is 15.5 Å². The molecule has 1 fully saturated rings. The SMILES string of the molecule is CC(=O)NC[C@H]1CN(c2ccc3c(c2)CCCc2c(NCc4ccccc4)n[nH]c2-3)C(=O)O1. The van der Waals surface area contributed by atoms with Gasteiger partial charge >= 0.3 is 6.09 Å². The van der Waals surface area contributed by atoms with E-state index in [2.05, 4.69) is 45.1 Å². The largest absolute Gasteiger partial charge is 0.442 e. The van der Waals surface area contributed by atoms with Crippen LogP contribution in [0, 0.1) is 0 Å². The molecular weight excluding hydrogens is 418 g/mol. The minimum Gasteiger partial charge on any atom is -0.442 e. The Morgan fingerprint density at radius 2 is 2.06 bits per heavy atom. The van der Waals surface area contributed by atoms with E-state index < -0.39 is 0 Å². The highest BCUT2D eigenvalue weighted by Gasteiger charge is 2.33. The van der Waals surface area contributed by atoms with Crippen molar-refractivity contribution in [1.29, 1.82) is 0 Å². The van der Waals surface area contributed by atoms with Gasteiger partial charge in [0.2, 0.25) is 5.91 Å².